The number of likely N-dealkylation sites (N-methyl/N-ethyl adjacent to an activating group) is 1. The molecule has 8 nitrogen and oxygen atoms in total. The first-order chi connectivity index (χ1) is 14.8. The Kier molecular flexibility index (Phi) is 5.68. The van der Waals surface area contributed by atoms with Crippen LogP contribution in [0.25, 0.3) is 16.9 Å². The van der Waals surface area contributed by atoms with E-state index in [1.54, 1.807) is 27.9 Å². The molecule has 164 valence electrons. The van der Waals surface area contributed by atoms with Crippen molar-refractivity contribution in [1.82, 2.24) is 24.2 Å². The van der Waals surface area contributed by atoms with Crippen molar-refractivity contribution >= 4 is 17.4 Å². The molecule has 1 aliphatic rings. The minimum Gasteiger partial charge on any atom is -0.406 e. The van der Waals surface area contributed by atoms with Gasteiger partial charge in [-0.1, -0.05) is 0 Å². The molecule has 0 bridgehead atoms. The first kappa shape index (κ1) is 20.9. The van der Waals surface area contributed by atoms with E-state index in [1.165, 1.54) is 24.3 Å². The lowest BCUT2D eigenvalue weighted by atomic mass is 10.1. The van der Waals surface area contributed by atoms with E-state index < -0.39 is 6.36 Å². The minimum atomic E-state index is -4.76. The van der Waals surface area contributed by atoms with E-state index in [0.717, 1.165) is 13.1 Å². The normalized spacial score (nSPS) is 15.3. The number of nitrogens with zero attached hydrogens (tertiary/aromatic N) is 5. The summed E-state index contributed by atoms with van der Waals surface area (Å²) < 4.78 is 43.0. The summed E-state index contributed by atoms with van der Waals surface area (Å²) in [5.41, 5.74) is 1.62. The van der Waals surface area contributed by atoms with Gasteiger partial charge in [0.05, 0.1) is 12.7 Å². The number of carbonyl (C=O) groups is 1. The largest absolute Gasteiger partial charge is 0.573 e. The lowest BCUT2D eigenvalue weighted by molar-refractivity contribution is -0.274. The lowest BCUT2D eigenvalue weighted by Gasteiger charge is -2.32. The van der Waals surface area contributed by atoms with Crippen LogP contribution in [0.4, 0.5) is 19.0 Å². The number of halogens is 3. The van der Waals surface area contributed by atoms with E-state index in [9.17, 15) is 18.0 Å². The van der Waals surface area contributed by atoms with Crippen LogP contribution in [0.3, 0.4) is 0 Å². The van der Waals surface area contributed by atoms with E-state index in [2.05, 4.69) is 24.9 Å². The average molecular weight is 434 g/mol. The fourth-order valence-electron chi connectivity index (χ4n) is 3.42. The summed E-state index contributed by atoms with van der Waals surface area (Å²) >= 11 is 0. The smallest absolute Gasteiger partial charge is 0.406 e. The van der Waals surface area contributed by atoms with E-state index >= 15 is 0 Å². The van der Waals surface area contributed by atoms with Gasteiger partial charge >= 0.3 is 6.36 Å². The van der Waals surface area contributed by atoms with Crippen molar-refractivity contribution in [2.45, 2.75) is 6.36 Å². The number of hydrogen-bond acceptors (Lipinski definition) is 6. The highest BCUT2D eigenvalue weighted by Gasteiger charge is 2.31. The van der Waals surface area contributed by atoms with Gasteiger partial charge in [-0.3, -0.25) is 14.2 Å². The molecule has 1 aromatic carbocycles. The maximum atomic E-state index is 12.6. The highest BCUT2D eigenvalue weighted by atomic mass is 19.4. The number of aromatic nitrogens is 3. The molecule has 0 radical (unpaired) electrons. The molecular weight excluding hydrogens is 413 g/mol. The number of anilines is 1. The molecule has 31 heavy (non-hydrogen) atoms. The first-order valence-electron chi connectivity index (χ1n) is 9.68. The third-order valence-corrected chi connectivity index (χ3v) is 5.05. The topological polar surface area (TPSA) is 75.0 Å². The Bertz CT molecular complexity index is 1060. The van der Waals surface area contributed by atoms with Gasteiger partial charge in [-0.05, 0) is 31.3 Å². The molecule has 1 aliphatic heterocycles. The summed E-state index contributed by atoms with van der Waals surface area (Å²) in [6.45, 7) is 3.06. The average Bonchev–Trinajstić information content (AvgIpc) is 3.10. The number of ether oxygens (including phenoxy) is 1. The molecule has 1 fully saturated rings. The van der Waals surface area contributed by atoms with Crippen molar-refractivity contribution in [1.29, 1.82) is 0 Å². The highest BCUT2D eigenvalue weighted by Crippen LogP contribution is 2.31. The predicted octanol–water partition coefficient (Wildman–Crippen LogP) is 2.48. The second-order valence-electron chi connectivity index (χ2n) is 7.22. The molecule has 0 spiro atoms. The number of alkyl halides is 3. The number of nitrogens with one attached hydrogen (secondary N) is 1. The third-order valence-electron chi connectivity index (χ3n) is 5.05. The van der Waals surface area contributed by atoms with Crippen LogP contribution < -0.4 is 10.1 Å². The Labute approximate surface area is 176 Å². The van der Waals surface area contributed by atoms with Crippen LogP contribution >= 0.6 is 0 Å². The maximum absolute atomic E-state index is 12.6. The van der Waals surface area contributed by atoms with Crippen LogP contribution in [0.5, 0.6) is 5.75 Å². The summed E-state index contributed by atoms with van der Waals surface area (Å²) in [4.78, 5) is 25.2. The zero-order valence-corrected chi connectivity index (χ0v) is 16.8. The molecule has 0 unspecified atom stereocenters. The highest BCUT2D eigenvalue weighted by molar-refractivity contribution is 5.84. The molecule has 3 heterocycles. The Morgan fingerprint density at radius 2 is 1.87 bits per heavy atom. The molecular formula is C20H21F3N6O2. The molecule has 1 amide bonds. The van der Waals surface area contributed by atoms with Gasteiger partial charge in [-0.2, -0.15) is 0 Å². The number of amides is 1. The molecule has 0 aliphatic carbocycles. The molecule has 2 aromatic heterocycles. The van der Waals surface area contributed by atoms with Gasteiger partial charge in [-0.25, -0.2) is 4.98 Å². The SMILES string of the molecule is CN1CCN(C(=O)CNc2c(-c3ccc(OC(F)(F)F)cc3)nc3cnccn23)CC1. The van der Waals surface area contributed by atoms with Crippen molar-refractivity contribution in [3.05, 3.63) is 42.9 Å². The molecule has 1 saturated heterocycles. The van der Waals surface area contributed by atoms with Crippen LogP contribution in [0.2, 0.25) is 0 Å². The number of carbonyl (C=O) groups excluding carboxylic acids is 1. The van der Waals surface area contributed by atoms with Crippen LogP contribution in [0.15, 0.2) is 42.9 Å². The van der Waals surface area contributed by atoms with E-state index in [1.807, 2.05) is 7.05 Å². The second-order valence-corrected chi connectivity index (χ2v) is 7.22. The van der Waals surface area contributed by atoms with E-state index in [-0.39, 0.29) is 18.2 Å². The number of benzene rings is 1. The van der Waals surface area contributed by atoms with Crippen LogP contribution in [0, 0.1) is 0 Å². The minimum absolute atomic E-state index is 0.0306. The molecule has 0 atom stereocenters. The van der Waals surface area contributed by atoms with E-state index in [0.29, 0.717) is 35.8 Å². The standard InChI is InChI=1S/C20H21F3N6O2/c1-27-8-10-28(11-9-27)17(30)13-25-19-18(26-16-12-24-6-7-29(16)19)14-2-4-15(5-3-14)31-20(21,22)23/h2-7,12,25H,8-11,13H2,1H3. The van der Waals surface area contributed by atoms with E-state index in [4.69, 9.17) is 0 Å². The molecule has 0 saturated carbocycles. The van der Waals surface area contributed by atoms with Gasteiger partial charge in [-0.15, -0.1) is 13.2 Å². The Balaban J connectivity index is 1.57. The predicted molar refractivity (Wildman–Crippen MR) is 108 cm³/mol. The number of hydrogen-bond donors (Lipinski definition) is 1. The van der Waals surface area contributed by atoms with Gasteiger partial charge in [0.2, 0.25) is 5.91 Å². The van der Waals surface area contributed by atoms with Gasteiger partial charge < -0.3 is 19.9 Å². The molecule has 11 heteroatoms. The van der Waals surface area contributed by atoms with Crippen molar-refractivity contribution in [3.63, 3.8) is 0 Å². The van der Waals surface area contributed by atoms with Crippen molar-refractivity contribution in [2.75, 3.05) is 45.1 Å². The summed E-state index contributed by atoms with van der Waals surface area (Å²) in [5.74, 6) is 0.211. The van der Waals surface area contributed by atoms with Gasteiger partial charge in [0.25, 0.3) is 0 Å². The lowest BCUT2D eigenvalue weighted by Crippen LogP contribution is -2.48. The zero-order valence-electron chi connectivity index (χ0n) is 16.8. The fraction of sp³-hybridized carbons (Fsp3) is 0.350. The zero-order chi connectivity index (χ0) is 22.0. The van der Waals surface area contributed by atoms with Gasteiger partial charge in [0.15, 0.2) is 5.65 Å². The number of imidazole rings is 1. The number of rotatable bonds is 5. The molecule has 1 N–H and O–H groups in total. The van der Waals surface area contributed by atoms with Crippen LogP contribution in [-0.2, 0) is 4.79 Å². The second kappa shape index (κ2) is 8.42. The Morgan fingerprint density at radius 3 is 2.55 bits per heavy atom. The first-order valence-corrected chi connectivity index (χ1v) is 9.68. The molecule has 4 rings (SSSR count). The summed E-state index contributed by atoms with van der Waals surface area (Å²) in [5, 5.41) is 3.15. The maximum Gasteiger partial charge on any atom is 0.573 e. The number of piperazine rings is 1. The summed E-state index contributed by atoms with van der Waals surface area (Å²) in [6.07, 6.45) is 0.104. The van der Waals surface area contributed by atoms with Crippen LogP contribution in [0.1, 0.15) is 0 Å². The number of fused-ring (bicyclic) bond motifs is 1. The Hall–Kier alpha value is -3.34. The van der Waals surface area contributed by atoms with Crippen molar-refractivity contribution < 1.29 is 22.7 Å². The van der Waals surface area contributed by atoms with Gasteiger partial charge in [0, 0.05) is 44.1 Å². The van der Waals surface area contributed by atoms with Crippen LogP contribution in [-0.4, -0.2) is 76.2 Å². The van der Waals surface area contributed by atoms with Crippen molar-refractivity contribution in [2.24, 2.45) is 0 Å². The quantitative estimate of drug-likeness (QED) is 0.665. The Morgan fingerprint density at radius 1 is 1.16 bits per heavy atom. The van der Waals surface area contributed by atoms with Gasteiger partial charge in [0.1, 0.15) is 17.3 Å². The summed E-state index contributed by atoms with van der Waals surface area (Å²) in [7, 11) is 2.02. The fourth-order valence-corrected chi connectivity index (χ4v) is 3.42. The molecule has 3 aromatic rings. The monoisotopic (exact) mass is 434 g/mol. The third kappa shape index (κ3) is 4.88. The summed E-state index contributed by atoms with van der Waals surface area (Å²) in [6, 6.07) is 5.43. The van der Waals surface area contributed by atoms with Crippen molar-refractivity contribution in [3.8, 4) is 17.0 Å².